The Morgan fingerprint density at radius 2 is 1.85 bits per heavy atom. The van der Waals surface area contributed by atoms with Crippen LogP contribution in [0.3, 0.4) is 0 Å². The molecule has 0 bridgehead atoms. The Morgan fingerprint density at radius 1 is 1.15 bits per heavy atom. The Labute approximate surface area is 152 Å². The molecule has 9 heteroatoms. The third kappa shape index (κ3) is 4.29. The zero-order valence-corrected chi connectivity index (χ0v) is 15.0. The fourth-order valence-corrected chi connectivity index (χ4v) is 4.18. The Morgan fingerprint density at radius 3 is 2.42 bits per heavy atom. The lowest BCUT2D eigenvalue weighted by Gasteiger charge is -2.33. The standard InChI is InChI=1S/C17H21N3O5S/c21-20(22)14-6-8-15(9-7-14)26(23,24)18-13-16(17-5-4-12-25-17)19-10-2-1-3-11-19/h4-9,12,16,18H,1-3,10-11,13H2. The molecule has 1 aliphatic rings. The van der Waals surface area contributed by atoms with Crippen molar-refractivity contribution in [2.24, 2.45) is 0 Å². The average Bonchev–Trinajstić information content (AvgIpc) is 3.17. The van der Waals surface area contributed by atoms with Gasteiger partial charge in [0.2, 0.25) is 10.0 Å². The summed E-state index contributed by atoms with van der Waals surface area (Å²) in [7, 11) is -3.77. The van der Waals surface area contributed by atoms with Crippen LogP contribution in [0.5, 0.6) is 0 Å². The summed E-state index contributed by atoms with van der Waals surface area (Å²) in [6, 6.07) is 8.30. The number of nitrogens with zero attached hydrogens (tertiary/aromatic N) is 2. The van der Waals surface area contributed by atoms with Crippen molar-refractivity contribution in [2.75, 3.05) is 19.6 Å². The van der Waals surface area contributed by atoms with Crippen LogP contribution >= 0.6 is 0 Å². The number of hydrogen-bond acceptors (Lipinski definition) is 6. The van der Waals surface area contributed by atoms with E-state index in [0.717, 1.165) is 31.7 Å². The lowest BCUT2D eigenvalue weighted by Crippen LogP contribution is -2.40. The summed E-state index contributed by atoms with van der Waals surface area (Å²) in [6.07, 6.45) is 4.91. The van der Waals surface area contributed by atoms with Gasteiger partial charge in [0.25, 0.3) is 5.69 Å². The van der Waals surface area contributed by atoms with Crippen LogP contribution in [-0.4, -0.2) is 37.9 Å². The van der Waals surface area contributed by atoms with Gasteiger partial charge in [0.1, 0.15) is 5.76 Å². The number of furan rings is 1. The Kier molecular flexibility index (Phi) is 5.70. The molecular formula is C17H21N3O5S. The van der Waals surface area contributed by atoms with Crippen molar-refractivity contribution in [3.63, 3.8) is 0 Å². The molecule has 140 valence electrons. The van der Waals surface area contributed by atoms with E-state index in [1.165, 1.54) is 30.7 Å². The number of nitrogens with one attached hydrogen (secondary N) is 1. The topological polar surface area (TPSA) is 106 Å². The summed E-state index contributed by atoms with van der Waals surface area (Å²) in [5.41, 5.74) is -0.147. The molecule has 1 N–H and O–H groups in total. The molecule has 0 saturated carbocycles. The first-order chi connectivity index (χ1) is 12.5. The van der Waals surface area contributed by atoms with Crippen LogP contribution in [0.15, 0.2) is 52.0 Å². The summed E-state index contributed by atoms with van der Waals surface area (Å²) >= 11 is 0. The normalized spacial score (nSPS) is 17.1. The van der Waals surface area contributed by atoms with Crippen LogP contribution in [0.4, 0.5) is 5.69 Å². The molecule has 0 radical (unpaired) electrons. The molecule has 1 fully saturated rings. The van der Waals surface area contributed by atoms with Gasteiger partial charge >= 0.3 is 0 Å². The van der Waals surface area contributed by atoms with Gasteiger partial charge < -0.3 is 4.42 Å². The Hall–Kier alpha value is -2.23. The van der Waals surface area contributed by atoms with Crippen molar-refractivity contribution in [1.82, 2.24) is 9.62 Å². The van der Waals surface area contributed by atoms with Crippen LogP contribution in [0.25, 0.3) is 0 Å². The van der Waals surface area contributed by atoms with E-state index in [4.69, 9.17) is 4.42 Å². The van der Waals surface area contributed by atoms with Gasteiger partial charge in [-0.3, -0.25) is 15.0 Å². The summed E-state index contributed by atoms with van der Waals surface area (Å²) in [5.74, 6) is 0.721. The van der Waals surface area contributed by atoms with Gasteiger partial charge in [-0.15, -0.1) is 0 Å². The van der Waals surface area contributed by atoms with Crippen LogP contribution in [-0.2, 0) is 10.0 Å². The number of non-ortho nitro benzene ring substituents is 1. The van der Waals surface area contributed by atoms with Crippen molar-refractivity contribution in [2.45, 2.75) is 30.2 Å². The maximum Gasteiger partial charge on any atom is 0.269 e. The lowest BCUT2D eigenvalue weighted by atomic mass is 10.1. The molecule has 3 rings (SSSR count). The molecule has 1 aromatic heterocycles. The van der Waals surface area contributed by atoms with Gasteiger partial charge in [0, 0.05) is 18.7 Å². The molecular weight excluding hydrogens is 358 g/mol. The molecule has 1 aromatic carbocycles. The number of hydrogen-bond donors (Lipinski definition) is 1. The van der Waals surface area contributed by atoms with E-state index < -0.39 is 14.9 Å². The van der Waals surface area contributed by atoms with Crippen molar-refractivity contribution < 1.29 is 17.8 Å². The van der Waals surface area contributed by atoms with E-state index in [2.05, 4.69) is 9.62 Å². The van der Waals surface area contributed by atoms with Gasteiger partial charge in [0.05, 0.1) is 22.1 Å². The molecule has 1 unspecified atom stereocenters. The minimum absolute atomic E-state index is 0.0000564. The highest BCUT2D eigenvalue weighted by molar-refractivity contribution is 7.89. The van der Waals surface area contributed by atoms with E-state index in [-0.39, 0.29) is 23.2 Å². The SMILES string of the molecule is O=[N+]([O-])c1ccc(S(=O)(=O)NCC(c2ccco2)N2CCCCC2)cc1. The van der Waals surface area contributed by atoms with Crippen molar-refractivity contribution in [3.05, 3.63) is 58.5 Å². The highest BCUT2D eigenvalue weighted by atomic mass is 32.2. The van der Waals surface area contributed by atoms with E-state index >= 15 is 0 Å². The number of nitro benzene ring substituents is 1. The first kappa shape index (κ1) is 18.6. The second-order valence-corrected chi connectivity index (χ2v) is 8.00. The van der Waals surface area contributed by atoms with E-state index in [9.17, 15) is 18.5 Å². The van der Waals surface area contributed by atoms with Crippen LogP contribution in [0.1, 0.15) is 31.1 Å². The number of rotatable bonds is 7. The Balaban J connectivity index is 1.73. The van der Waals surface area contributed by atoms with E-state index in [0.29, 0.717) is 0 Å². The molecule has 0 spiro atoms. The molecule has 2 aromatic rings. The van der Waals surface area contributed by atoms with Crippen molar-refractivity contribution in [1.29, 1.82) is 0 Å². The molecule has 1 aliphatic heterocycles. The Bertz CT molecular complexity index is 828. The molecule has 26 heavy (non-hydrogen) atoms. The monoisotopic (exact) mass is 379 g/mol. The zero-order valence-electron chi connectivity index (χ0n) is 14.2. The summed E-state index contributed by atoms with van der Waals surface area (Å²) in [6.45, 7) is 1.96. The van der Waals surface area contributed by atoms with E-state index in [1.807, 2.05) is 6.07 Å². The molecule has 2 heterocycles. The van der Waals surface area contributed by atoms with Gasteiger partial charge in [-0.2, -0.15) is 0 Å². The number of sulfonamides is 1. The third-order valence-corrected chi connectivity index (χ3v) is 5.97. The molecule has 0 amide bonds. The second-order valence-electron chi connectivity index (χ2n) is 6.23. The number of piperidine rings is 1. The van der Waals surface area contributed by atoms with Crippen LogP contribution < -0.4 is 4.72 Å². The maximum absolute atomic E-state index is 12.5. The highest BCUT2D eigenvalue weighted by Crippen LogP contribution is 2.25. The fourth-order valence-electron chi connectivity index (χ4n) is 3.14. The van der Waals surface area contributed by atoms with Gasteiger partial charge in [-0.25, -0.2) is 13.1 Å². The predicted octanol–water partition coefficient (Wildman–Crippen LogP) is 2.69. The summed E-state index contributed by atoms with van der Waals surface area (Å²) in [5, 5.41) is 10.7. The van der Waals surface area contributed by atoms with Crippen LogP contribution in [0, 0.1) is 10.1 Å². The second kappa shape index (κ2) is 7.98. The van der Waals surface area contributed by atoms with Crippen molar-refractivity contribution >= 4 is 15.7 Å². The molecule has 1 saturated heterocycles. The largest absolute Gasteiger partial charge is 0.468 e. The smallest absolute Gasteiger partial charge is 0.269 e. The van der Waals surface area contributed by atoms with Gasteiger partial charge in [-0.1, -0.05) is 6.42 Å². The number of likely N-dealkylation sites (tertiary alicyclic amines) is 1. The molecule has 1 atom stereocenters. The lowest BCUT2D eigenvalue weighted by molar-refractivity contribution is -0.384. The number of nitro groups is 1. The first-order valence-corrected chi connectivity index (χ1v) is 9.97. The third-order valence-electron chi connectivity index (χ3n) is 4.53. The summed E-state index contributed by atoms with van der Waals surface area (Å²) < 4.78 is 33.2. The molecule has 8 nitrogen and oxygen atoms in total. The van der Waals surface area contributed by atoms with Gasteiger partial charge in [0.15, 0.2) is 0 Å². The van der Waals surface area contributed by atoms with Crippen molar-refractivity contribution in [3.8, 4) is 0 Å². The number of benzene rings is 1. The maximum atomic E-state index is 12.5. The average molecular weight is 379 g/mol. The first-order valence-electron chi connectivity index (χ1n) is 8.49. The minimum atomic E-state index is -3.77. The van der Waals surface area contributed by atoms with E-state index in [1.54, 1.807) is 12.3 Å². The fraction of sp³-hybridized carbons (Fsp3) is 0.412. The van der Waals surface area contributed by atoms with Gasteiger partial charge in [-0.05, 0) is 50.2 Å². The zero-order chi connectivity index (χ0) is 18.6. The predicted molar refractivity (Wildman–Crippen MR) is 95.2 cm³/mol. The van der Waals surface area contributed by atoms with Crippen LogP contribution in [0.2, 0.25) is 0 Å². The highest BCUT2D eigenvalue weighted by Gasteiger charge is 2.26. The molecule has 0 aliphatic carbocycles. The minimum Gasteiger partial charge on any atom is -0.468 e. The quantitative estimate of drug-likeness (QED) is 0.586. The summed E-state index contributed by atoms with van der Waals surface area (Å²) in [4.78, 5) is 12.4.